The second-order valence-electron chi connectivity index (χ2n) is 4.41. The lowest BCUT2D eigenvalue weighted by Crippen LogP contribution is -3.08. The first kappa shape index (κ1) is 14.3. The number of benzene rings is 1. The molecule has 100 valence electrons. The fraction of sp³-hybridized carbons (Fsp3) is 0.462. The Balaban J connectivity index is 2.92. The molecule has 1 aromatic rings. The summed E-state index contributed by atoms with van der Waals surface area (Å²) in [6, 6.07) is 3.88. The second-order valence-corrected chi connectivity index (χ2v) is 4.41. The van der Waals surface area contributed by atoms with Gasteiger partial charge in [0, 0.05) is 5.56 Å². The van der Waals surface area contributed by atoms with Crippen LogP contribution in [0.3, 0.4) is 0 Å². The normalized spacial score (nSPS) is 12.0. The molecule has 0 aliphatic carbocycles. The highest BCUT2D eigenvalue weighted by Gasteiger charge is 2.13. The van der Waals surface area contributed by atoms with Crippen molar-refractivity contribution in [2.45, 2.75) is 13.5 Å². The zero-order valence-electron chi connectivity index (χ0n) is 11.4. The SMILES string of the molecule is COc1cc(C)c(C[NH+](C)CC(N)=O)cc1OC. The minimum absolute atomic E-state index is 0.300. The number of hydrogen-bond donors (Lipinski definition) is 2. The largest absolute Gasteiger partial charge is 0.493 e. The quantitative estimate of drug-likeness (QED) is 0.719. The molecule has 0 radical (unpaired) electrons. The fourth-order valence-electron chi connectivity index (χ4n) is 1.90. The van der Waals surface area contributed by atoms with Crippen LogP contribution in [0.5, 0.6) is 11.5 Å². The topological polar surface area (TPSA) is 66.0 Å². The Morgan fingerprint density at radius 2 is 1.83 bits per heavy atom. The van der Waals surface area contributed by atoms with Crippen LogP contribution >= 0.6 is 0 Å². The number of primary amides is 1. The number of ether oxygens (including phenoxy) is 2. The van der Waals surface area contributed by atoms with Crippen LogP contribution in [-0.2, 0) is 11.3 Å². The molecule has 3 N–H and O–H groups in total. The van der Waals surface area contributed by atoms with Crippen molar-refractivity contribution in [2.24, 2.45) is 5.73 Å². The van der Waals surface area contributed by atoms with Crippen molar-refractivity contribution < 1.29 is 19.2 Å². The molecule has 0 bridgehead atoms. The third-order valence-electron chi connectivity index (χ3n) is 2.81. The van der Waals surface area contributed by atoms with E-state index in [4.69, 9.17) is 15.2 Å². The van der Waals surface area contributed by atoms with E-state index in [0.29, 0.717) is 18.0 Å². The third kappa shape index (κ3) is 3.63. The van der Waals surface area contributed by atoms with E-state index >= 15 is 0 Å². The van der Waals surface area contributed by atoms with Crippen LogP contribution < -0.4 is 20.1 Å². The van der Waals surface area contributed by atoms with E-state index in [2.05, 4.69) is 0 Å². The molecule has 5 nitrogen and oxygen atoms in total. The van der Waals surface area contributed by atoms with Crippen molar-refractivity contribution in [3.63, 3.8) is 0 Å². The predicted octanol–water partition coefficient (Wildman–Crippen LogP) is -0.488. The summed E-state index contributed by atoms with van der Waals surface area (Å²) in [5.74, 6) is 1.11. The Kier molecular flexibility index (Phi) is 4.97. The first-order valence-corrected chi connectivity index (χ1v) is 5.79. The highest BCUT2D eigenvalue weighted by molar-refractivity contribution is 5.74. The summed E-state index contributed by atoms with van der Waals surface area (Å²) < 4.78 is 10.5. The molecule has 5 heteroatoms. The molecule has 0 fully saturated rings. The summed E-state index contributed by atoms with van der Waals surface area (Å²) in [6.45, 7) is 3.04. The third-order valence-corrected chi connectivity index (χ3v) is 2.81. The number of likely N-dealkylation sites (N-methyl/N-ethyl adjacent to an activating group) is 1. The first-order chi connectivity index (χ1) is 8.47. The molecule has 0 aliphatic rings. The molecule has 0 saturated heterocycles. The van der Waals surface area contributed by atoms with Crippen LogP contribution in [-0.4, -0.2) is 33.7 Å². The summed E-state index contributed by atoms with van der Waals surface area (Å²) in [4.78, 5) is 11.9. The van der Waals surface area contributed by atoms with Gasteiger partial charge in [0.1, 0.15) is 6.54 Å². The highest BCUT2D eigenvalue weighted by Crippen LogP contribution is 2.29. The van der Waals surface area contributed by atoms with Gasteiger partial charge in [0.15, 0.2) is 18.0 Å². The minimum Gasteiger partial charge on any atom is -0.493 e. The monoisotopic (exact) mass is 253 g/mol. The number of nitrogens with two attached hydrogens (primary N) is 1. The van der Waals surface area contributed by atoms with Gasteiger partial charge in [0.25, 0.3) is 5.91 Å². The number of nitrogens with one attached hydrogen (secondary N) is 1. The molecular formula is C13H21N2O3+. The van der Waals surface area contributed by atoms with E-state index < -0.39 is 0 Å². The number of quaternary nitrogens is 1. The zero-order valence-corrected chi connectivity index (χ0v) is 11.4. The number of carbonyl (C=O) groups is 1. The lowest BCUT2D eigenvalue weighted by molar-refractivity contribution is -0.885. The van der Waals surface area contributed by atoms with Gasteiger partial charge >= 0.3 is 0 Å². The average Bonchev–Trinajstić information content (AvgIpc) is 2.30. The number of amides is 1. The van der Waals surface area contributed by atoms with Gasteiger partial charge in [-0.3, -0.25) is 4.79 Å². The number of carbonyl (C=O) groups excluding carboxylic acids is 1. The van der Waals surface area contributed by atoms with Crippen molar-refractivity contribution in [2.75, 3.05) is 27.8 Å². The van der Waals surface area contributed by atoms with E-state index in [1.165, 1.54) is 0 Å². The van der Waals surface area contributed by atoms with Crippen LogP contribution in [0.15, 0.2) is 12.1 Å². The van der Waals surface area contributed by atoms with Crippen molar-refractivity contribution in [1.29, 1.82) is 0 Å². The maximum atomic E-state index is 10.9. The Hall–Kier alpha value is -1.75. The second kappa shape index (κ2) is 6.26. The molecule has 1 amide bonds. The van der Waals surface area contributed by atoms with E-state index in [9.17, 15) is 4.79 Å². The molecule has 0 spiro atoms. The van der Waals surface area contributed by atoms with Crippen LogP contribution in [0.25, 0.3) is 0 Å². The van der Waals surface area contributed by atoms with Gasteiger partial charge in [-0.15, -0.1) is 0 Å². The van der Waals surface area contributed by atoms with Gasteiger partial charge in [-0.2, -0.15) is 0 Å². The molecule has 1 aromatic carbocycles. The Morgan fingerprint density at radius 1 is 1.28 bits per heavy atom. The van der Waals surface area contributed by atoms with Crippen molar-refractivity contribution in [1.82, 2.24) is 0 Å². The summed E-state index contributed by atoms with van der Waals surface area (Å²) in [5, 5.41) is 0. The summed E-state index contributed by atoms with van der Waals surface area (Å²) in [6.07, 6.45) is 0. The van der Waals surface area contributed by atoms with E-state index in [-0.39, 0.29) is 5.91 Å². The van der Waals surface area contributed by atoms with Gasteiger partial charge in [0.2, 0.25) is 0 Å². The lowest BCUT2D eigenvalue weighted by atomic mass is 10.1. The van der Waals surface area contributed by atoms with Gasteiger partial charge in [-0.05, 0) is 24.6 Å². The van der Waals surface area contributed by atoms with Crippen LogP contribution in [0, 0.1) is 6.92 Å². The lowest BCUT2D eigenvalue weighted by Gasteiger charge is -2.16. The maximum absolute atomic E-state index is 10.9. The number of methoxy groups -OCH3 is 2. The van der Waals surface area contributed by atoms with E-state index in [1.807, 2.05) is 26.1 Å². The average molecular weight is 253 g/mol. The molecule has 0 saturated carbocycles. The van der Waals surface area contributed by atoms with Crippen LogP contribution in [0.4, 0.5) is 0 Å². The zero-order chi connectivity index (χ0) is 13.7. The molecule has 1 unspecified atom stereocenters. The summed E-state index contributed by atoms with van der Waals surface area (Å²) >= 11 is 0. The highest BCUT2D eigenvalue weighted by atomic mass is 16.5. The molecule has 0 aliphatic heterocycles. The maximum Gasteiger partial charge on any atom is 0.272 e. The Morgan fingerprint density at radius 3 is 2.33 bits per heavy atom. The number of hydrogen-bond acceptors (Lipinski definition) is 3. The minimum atomic E-state index is -0.300. The van der Waals surface area contributed by atoms with Crippen LogP contribution in [0.1, 0.15) is 11.1 Å². The smallest absolute Gasteiger partial charge is 0.272 e. The number of aryl methyl sites for hydroxylation is 1. The van der Waals surface area contributed by atoms with Gasteiger partial charge < -0.3 is 20.1 Å². The summed E-state index contributed by atoms with van der Waals surface area (Å²) in [7, 11) is 5.15. The molecular weight excluding hydrogens is 232 g/mol. The van der Waals surface area contributed by atoms with Crippen molar-refractivity contribution in [3.8, 4) is 11.5 Å². The van der Waals surface area contributed by atoms with Gasteiger partial charge in [-0.25, -0.2) is 0 Å². The first-order valence-electron chi connectivity index (χ1n) is 5.79. The fourth-order valence-corrected chi connectivity index (χ4v) is 1.90. The van der Waals surface area contributed by atoms with Gasteiger partial charge in [0.05, 0.1) is 21.3 Å². The predicted molar refractivity (Wildman–Crippen MR) is 68.9 cm³/mol. The van der Waals surface area contributed by atoms with Crippen molar-refractivity contribution >= 4 is 5.91 Å². The summed E-state index contributed by atoms with van der Waals surface area (Å²) in [5.41, 5.74) is 7.41. The van der Waals surface area contributed by atoms with Gasteiger partial charge in [-0.1, -0.05) is 0 Å². The van der Waals surface area contributed by atoms with Crippen molar-refractivity contribution in [3.05, 3.63) is 23.3 Å². The van der Waals surface area contributed by atoms with E-state index in [0.717, 1.165) is 22.6 Å². The molecule has 1 atom stereocenters. The molecule has 0 aromatic heterocycles. The molecule has 0 heterocycles. The Bertz CT molecular complexity index is 432. The molecule has 18 heavy (non-hydrogen) atoms. The molecule has 1 rings (SSSR count). The standard InChI is InChI=1S/C13H20N2O3/c1-9-5-11(17-3)12(18-4)6-10(9)7-15(2)8-13(14)16/h5-6H,7-8H2,1-4H3,(H2,14,16)/p+1. The van der Waals surface area contributed by atoms with Crippen LogP contribution in [0.2, 0.25) is 0 Å². The Labute approximate surface area is 107 Å². The number of rotatable bonds is 6. The van der Waals surface area contributed by atoms with E-state index in [1.54, 1.807) is 14.2 Å².